The van der Waals surface area contributed by atoms with E-state index in [1.165, 1.54) is 0 Å². The molecule has 0 fully saturated rings. The lowest BCUT2D eigenvalue weighted by molar-refractivity contribution is 0.178. The van der Waals surface area contributed by atoms with E-state index in [0.717, 1.165) is 38.5 Å². The molecule has 6 nitrogen and oxygen atoms in total. The first-order valence-corrected chi connectivity index (χ1v) is 10.2. The van der Waals surface area contributed by atoms with Crippen molar-refractivity contribution in [3.05, 3.63) is 65.4 Å². The van der Waals surface area contributed by atoms with Gasteiger partial charge in [-0.25, -0.2) is 15.0 Å². The summed E-state index contributed by atoms with van der Waals surface area (Å²) in [6.45, 7) is 1.02. The fourth-order valence-electron chi connectivity index (χ4n) is 3.14. The lowest BCUT2D eigenvalue weighted by Gasteiger charge is -2.14. The highest BCUT2D eigenvalue weighted by Crippen LogP contribution is 2.37. The number of nitrogens with one attached hydrogen (secondary N) is 1. The molecule has 0 saturated heterocycles. The number of hydrogen-bond acceptors (Lipinski definition) is 7. The second-order valence-corrected chi connectivity index (χ2v) is 7.75. The monoisotopic (exact) mass is 405 g/mol. The summed E-state index contributed by atoms with van der Waals surface area (Å²) in [6.07, 6.45) is 1.83. The predicted molar refractivity (Wildman–Crippen MR) is 119 cm³/mol. The molecule has 29 heavy (non-hydrogen) atoms. The zero-order valence-electron chi connectivity index (χ0n) is 16.7. The normalized spacial score (nSPS) is 11.0. The van der Waals surface area contributed by atoms with Gasteiger partial charge in [-0.2, -0.15) is 0 Å². The number of hydrogen-bond donors (Lipinski definition) is 1. The third kappa shape index (κ3) is 4.21. The Morgan fingerprint density at radius 3 is 2.69 bits per heavy atom. The molecule has 0 spiro atoms. The van der Waals surface area contributed by atoms with Crippen LogP contribution in [0.1, 0.15) is 11.4 Å². The summed E-state index contributed by atoms with van der Waals surface area (Å²) in [5, 5.41) is 6.71. The smallest absolute Gasteiger partial charge is 0.158 e. The van der Waals surface area contributed by atoms with Crippen molar-refractivity contribution in [3.63, 3.8) is 0 Å². The van der Waals surface area contributed by atoms with Crippen molar-refractivity contribution in [2.75, 3.05) is 31.4 Å². The fraction of sp³-hybridized carbons (Fsp3) is 0.227. The molecule has 7 heteroatoms. The van der Waals surface area contributed by atoms with Crippen LogP contribution in [0.3, 0.4) is 0 Å². The molecule has 0 aliphatic heterocycles. The Balaban J connectivity index is 1.73. The highest BCUT2D eigenvalue weighted by Gasteiger charge is 2.15. The van der Waals surface area contributed by atoms with E-state index < -0.39 is 0 Å². The number of aromatic nitrogens is 3. The Labute approximate surface area is 174 Å². The van der Waals surface area contributed by atoms with Crippen LogP contribution in [0.25, 0.3) is 21.3 Å². The summed E-state index contributed by atoms with van der Waals surface area (Å²) in [6, 6.07) is 14.4. The van der Waals surface area contributed by atoms with Crippen LogP contribution in [-0.4, -0.2) is 36.2 Å². The number of rotatable bonds is 7. The van der Waals surface area contributed by atoms with Crippen LogP contribution in [0.15, 0.2) is 54.0 Å². The Hall–Kier alpha value is -3.03. The first kappa shape index (κ1) is 19.3. The van der Waals surface area contributed by atoms with E-state index in [-0.39, 0.29) is 0 Å². The third-order valence-corrected chi connectivity index (χ3v) is 5.44. The highest BCUT2D eigenvalue weighted by molar-refractivity contribution is 7.17. The molecule has 3 aromatic heterocycles. The number of methoxy groups -OCH3 is 1. The number of ether oxygens (including phenoxy) is 1. The molecule has 1 aromatic carbocycles. The van der Waals surface area contributed by atoms with E-state index in [1.807, 2.05) is 49.5 Å². The molecular formula is C22H23N5OS. The van der Waals surface area contributed by atoms with E-state index >= 15 is 0 Å². The van der Waals surface area contributed by atoms with Crippen LogP contribution >= 0.6 is 11.3 Å². The zero-order valence-corrected chi connectivity index (χ0v) is 17.5. The standard InChI is InChI=1S/C22H23N5OS/c1-27(2)19-11-15(9-10-23-19)12-24-21-20-17(16-7-5-4-6-8-16)14-29-22(20)26-18(25-21)13-28-3/h4-11,14H,12-13H2,1-3H3,(H,24,25,26). The van der Waals surface area contributed by atoms with E-state index in [9.17, 15) is 0 Å². The lowest BCUT2D eigenvalue weighted by atomic mass is 10.1. The minimum absolute atomic E-state index is 0.378. The Kier molecular flexibility index (Phi) is 5.69. The first-order chi connectivity index (χ1) is 14.2. The van der Waals surface area contributed by atoms with E-state index in [4.69, 9.17) is 9.72 Å². The van der Waals surface area contributed by atoms with Crippen LogP contribution in [-0.2, 0) is 17.9 Å². The molecule has 0 radical (unpaired) electrons. The van der Waals surface area contributed by atoms with Gasteiger partial charge in [0.25, 0.3) is 0 Å². The number of thiophene rings is 1. The Morgan fingerprint density at radius 2 is 1.93 bits per heavy atom. The van der Waals surface area contributed by atoms with Crippen LogP contribution in [0, 0.1) is 0 Å². The summed E-state index contributed by atoms with van der Waals surface area (Å²) in [5.74, 6) is 2.43. The molecule has 0 bridgehead atoms. The Morgan fingerprint density at radius 1 is 1.10 bits per heavy atom. The summed E-state index contributed by atoms with van der Waals surface area (Å²) >= 11 is 1.63. The molecule has 4 aromatic rings. The van der Waals surface area contributed by atoms with E-state index in [1.54, 1.807) is 18.4 Å². The molecule has 0 aliphatic carbocycles. The van der Waals surface area contributed by atoms with Crippen LogP contribution in [0.5, 0.6) is 0 Å². The maximum absolute atomic E-state index is 5.27. The first-order valence-electron chi connectivity index (χ1n) is 9.34. The zero-order chi connectivity index (χ0) is 20.2. The van der Waals surface area contributed by atoms with E-state index in [0.29, 0.717) is 19.0 Å². The van der Waals surface area contributed by atoms with Gasteiger partial charge in [0.15, 0.2) is 5.82 Å². The lowest BCUT2D eigenvalue weighted by Crippen LogP contribution is -2.11. The second-order valence-electron chi connectivity index (χ2n) is 6.89. The van der Waals surface area contributed by atoms with Gasteiger partial charge in [-0.1, -0.05) is 30.3 Å². The molecule has 0 unspecified atom stereocenters. The van der Waals surface area contributed by atoms with Crippen molar-refractivity contribution < 1.29 is 4.74 Å². The molecule has 0 saturated carbocycles. The van der Waals surface area contributed by atoms with Gasteiger partial charge in [-0.3, -0.25) is 0 Å². The number of benzene rings is 1. The minimum atomic E-state index is 0.378. The number of anilines is 2. The molecule has 148 valence electrons. The van der Waals surface area contributed by atoms with Gasteiger partial charge >= 0.3 is 0 Å². The van der Waals surface area contributed by atoms with Gasteiger partial charge in [0.1, 0.15) is 23.1 Å². The summed E-state index contributed by atoms with van der Waals surface area (Å²) in [5.41, 5.74) is 3.43. The van der Waals surface area contributed by atoms with Gasteiger partial charge < -0.3 is 15.0 Å². The van der Waals surface area contributed by atoms with Crippen molar-refractivity contribution in [2.24, 2.45) is 0 Å². The molecule has 0 amide bonds. The number of nitrogens with zero attached hydrogens (tertiary/aromatic N) is 4. The second kappa shape index (κ2) is 8.55. The average Bonchev–Trinajstić information content (AvgIpc) is 3.17. The maximum Gasteiger partial charge on any atom is 0.158 e. The van der Waals surface area contributed by atoms with Gasteiger partial charge in [0.05, 0.1) is 5.39 Å². The topological polar surface area (TPSA) is 63.2 Å². The molecule has 0 atom stereocenters. The largest absolute Gasteiger partial charge is 0.377 e. The summed E-state index contributed by atoms with van der Waals surface area (Å²) in [7, 11) is 5.63. The predicted octanol–water partition coefficient (Wildman–Crippen LogP) is 4.58. The Bertz CT molecular complexity index is 1110. The van der Waals surface area contributed by atoms with Gasteiger partial charge in [-0.05, 0) is 23.3 Å². The number of pyridine rings is 1. The van der Waals surface area contributed by atoms with Crippen molar-refractivity contribution in [3.8, 4) is 11.1 Å². The third-order valence-electron chi connectivity index (χ3n) is 4.57. The van der Waals surface area contributed by atoms with Crippen LogP contribution < -0.4 is 10.2 Å². The maximum atomic E-state index is 5.27. The molecular weight excluding hydrogens is 382 g/mol. The van der Waals surface area contributed by atoms with Gasteiger partial charge in [0.2, 0.25) is 0 Å². The highest BCUT2D eigenvalue weighted by atomic mass is 32.1. The average molecular weight is 406 g/mol. The molecule has 4 rings (SSSR count). The van der Waals surface area contributed by atoms with Gasteiger partial charge in [0, 0.05) is 44.9 Å². The summed E-state index contributed by atoms with van der Waals surface area (Å²) < 4.78 is 5.27. The van der Waals surface area contributed by atoms with Crippen molar-refractivity contribution in [1.29, 1.82) is 0 Å². The molecule has 3 heterocycles. The SMILES string of the molecule is COCc1nc(NCc2ccnc(N(C)C)c2)c2c(-c3ccccc3)csc2n1. The summed E-state index contributed by atoms with van der Waals surface area (Å²) in [4.78, 5) is 16.8. The molecule has 0 aliphatic rings. The molecule has 1 N–H and O–H groups in total. The van der Waals surface area contributed by atoms with E-state index in [2.05, 4.69) is 38.9 Å². The van der Waals surface area contributed by atoms with Gasteiger partial charge in [-0.15, -0.1) is 11.3 Å². The minimum Gasteiger partial charge on any atom is -0.377 e. The number of fused-ring (bicyclic) bond motifs is 1. The quantitative estimate of drug-likeness (QED) is 0.486. The fourth-order valence-corrected chi connectivity index (χ4v) is 4.10. The van der Waals surface area contributed by atoms with Crippen LogP contribution in [0.4, 0.5) is 11.6 Å². The van der Waals surface area contributed by atoms with Crippen molar-refractivity contribution in [1.82, 2.24) is 15.0 Å². The van der Waals surface area contributed by atoms with Crippen LogP contribution in [0.2, 0.25) is 0 Å². The van der Waals surface area contributed by atoms with Crippen molar-refractivity contribution in [2.45, 2.75) is 13.2 Å². The van der Waals surface area contributed by atoms with Crippen molar-refractivity contribution >= 4 is 33.2 Å².